The number of nitro benzene ring substituents is 1. The van der Waals surface area contributed by atoms with E-state index in [2.05, 4.69) is 24.3 Å². The van der Waals surface area contributed by atoms with Gasteiger partial charge in [-0.3, -0.25) is 14.9 Å². The van der Waals surface area contributed by atoms with Crippen LogP contribution in [0.4, 0.5) is 11.4 Å². The van der Waals surface area contributed by atoms with Crippen molar-refractivity contribution in [3.8, 4) is 0 Å². The zero-order valence-electron chi connectivity index (χ0n) is 19.5. The van der Waals surface area contributed by atoms with Crippen molar-refractivity contribution in [1.82, 2.24) is 0 Å². The van der Waals surface area contributed by atoms with Crippen LogP contribution in [0.3, 0.4) is 0 Å². The van der Waals surface area contributed by atoms with Gasteiger partial charge in [-0.05, 0) is 55.0 Å². The third-order valence-electron chi connectivity index (χ3n) is 8.06. The van der Waals surface area contributed by atoms with E-state index in [-0.39, 0.29) is 22.2 Å². The smallest absolute Gasteiger partial charge is 0.326 e. The molecule has 0 heterocycles. The number of carbonyl (C=O) groups excluding carboxylic acids is 2. The molecular weight excluding hydrogens is 458 g/mol. The lowest BCUT2D eigenvalue weighted by molar-refractivity contribution is -0.384. The van der Waals surface area contributed by atoms with Gasteiger partial charge in [-0.15, -0.1) is 0 Å². The molecule has 2 saturated carbocycles. The molecule has 0 aliphatic heterocycles. The number of rotatable bonds is 5. The van der Waals surface area contributed by atoms with E-state index in [1.807, 2.05) is 38.1 Å². The first kappa shape index (κ1) is 23.9. The fourth-order valence-electron chi connectivity index (χ4n) is 5.42. The van der Waals surface area contributed by atoms with Crippen LogP contribution in [0.5, 0.6) is 0 Å². The van der Waals surface area contributed by atoms with Gasteiger partial charge in [0.05, 0.1) is 21.6 Å². The van der Waals surface area contributed by atoms with E-state index in [4.69, 9.17) is 16.4 Å². The number of carbonyl (C=O) groups is 2. The zero-order valence-corrected chi connectivity index (χ0v) is 20.2. The van der Waals surface area contributed by atoms with E-state index in [0.717, 1.165) is 23.7 Å². The van der Waals surface area contributed by atoms with Gasteiger partial charge in [0.15, 0.2) is 0 Å². The summed E-state index contributed by atoms with van der Waals surface area (Å²) in [6, 6.07) is 11.3. The van der Waals surface area contributed by atoms with Gasteiger partial charge in [-0.2, -0.15) is 0 Å². The number of anilines is 1. The summed E-state index contributed by atoms with van der Waals surface area (Å²) in [6.45, 7) is 8.13. The predicted molar refractivity (Wildman–Crippen MR) is 129 cm³/mol. The molecule has 178 valence electrons. The molecule has 1 N–H and O–H groups in total. The Morgan fingerprint density at radius 3 is 2.56 bits per heavy atom. The number of oxime groups is 1. The van der Waals surface area contributed by atoms with Crippen LogP contribution in [0.25, 0.3) is 0 Å². The molecule has 2 bridgehead atoms. The molecule has 2 aromatic carbocycles. The average Bonchev–Trinajstić information content (AvgIpc) is 3.08. The Labute approximate surface area is 202 Å². The number of hydrogen-bond donors (Lipinski definition) is 1. The van der Waals surface area contributed by atoms with Crippen LogP contribution in [-0.2, 0) is 9.63 Å². The van der Waals surface area contributed by atoms with E-state index in [0.29, 0.717) is 18.6 Å². The summed E-state index contributed by atoms with van der Waals surface area (Å²) in [5, 5.41) is 18.3. The molecule has 2 aromatic rings. The summed E-state index contributed by atoms with van der Waals surface area (Å²) in [5.74, 6) is -0.897. The molecule has 1 amide bonds. The molecule has 8 nitrogen and oxygen atoms in total. The minimum Gasteiger partial charge on any atom is -0.326 e. The van der Waals surface area contributed by atoms with Crippen molar-refractivity contribution in [1.29, 1.82) is 0 Å². The van der Waals surface area contributed by atoms with Crippen LogP contribution >= 0.6 is 11.6 Å². The average molecular weight is 484 g/mol. The minimum atomic E-state index is -0.824. The Bertz CT molecular complexity index is 1240. The number of halogens is 1. The Balaban J connectivity index is 1.59. The van der Waals surface area contributed by atoms with Crippen molar-refractivity contribution < 1.29 is 19.3 Å². The summed E-state index contributed by atoms with van der Waals surface area (Å²) in [5.41, 5.74) is 0.444. The number of fused-ring (bicyclic) bond motifs is 2. The van der Waals surface area contributed by atoms with E-state index < -0.39 is 27.1 Å². The minimum absolute atomic E-state index is 0.0278. The lowest BCUT2D eigenvalue weighted by Gasteiger charge is -2.39. The fraction of sp³-hybridized carbons (Fsp3) is 0.400. The highest BCUT2D eigenvalue weighted by molar-refractivity contribution is 6.32. The van der Waals surface area contributed by atoms with Crippen LogP contribution in [0.15, 0.2) is 47.6 Å². The Morgan fingerprint density at radius 1 is 1.15 bits per heavy atom. The first-order valence-corrected chi connectivity index (χ1v) is 11.4. The van der Waals surface area contributed by atoms with Crippen molar-refractivity contribution in [2.45, 2.75) is 47.0 Å². The molecule has 2 aliphatic carbocycles. The highest BCUT2D eigenvalue weighted by Gasteiger charge is 2.71. The molecule has 2 fully saturated rings. The van der Waals surface area contributed by atoms with Crippen LogP contribution in [0.1, 0.15) is 56.0 Å². The Kier molecular flexibility index (Phi) is 5.76. The van der Waals surface area contributed by atoms with Crippen LogP contribution in [0, 0.1) is 33.3 Å². The molecule has 2 atom stereocenters. The van der Waals surface area contributed by atoms with E-state index in [9.17, 15) is 19.7 Å². The Morgan fingerprint density at radius 2 is 1.88 bits per heavy atom. The second-order valence-electron chi connectivity index (χ2n) is 9.88. The predicted octanol–water partition coefficient (Wildman–Crippen LogP) is 5.92. The van der Waals surface area contributed by atoms with Gasteiger partial charge in [0, 0.05) is 23.6 Å². The lowest BCUT2D eigenvalue weighted by atomic mass is 9.64. The maximum Gasteiger partial charge on any atom is 0.365 e. The third-order valence-corrected chi connectivity index (χ3v) is 8.38. The molecule has 34 heavy (non-hydrogen) atoms. The zero-order chi connectivity index (χ0) is 24.9. The monoisotopic (exact) mass is 483 g/mol. The topological polar surface area (TPSA) is 111 Å². The standard InChI is InChI=1S/C25H26ClN3O5/c1-15-6-5-7-17(12-15)27-22(31)25-11-10-24(4,23(25,2)3)20(14-25)28-34-21(30)16-8-9-18(26)19(13-16)29(32)33/h5-9,12-13H,10-11,14H2,1-4H3,(H,27,31). The van der Waals surface area contributed by atoms with Gasteiger partial charge >= 0.3 is 5.97 Å². The van der Waals surface area contributed by atoms with Gasteiger partial charge in [-0.25, -0.2) is 4.79 Å². The highest BCUT2D eigenvalue weighted by Crippen LogP contribution is 2.71. The van der Waals surface area contributed by atoms with Crippen LogP contribution < -0.4 is 5.32 Å². The molecule has 2 unspecified atom stereocenters. The molecule has 4 rings (SSSR count). The third kappa shape index (κ3) is 3.57. The van der Waals surface area contributed by atoms with Gasteiger partial charge in [0.25, 0.3) is 5.69 Å². The number of nitro groups is 1. The van der Waals surface area contributed by atoms with Crippen LogP contribution in [0.2, 0.25) is 5.02 Å². The number of amides is 1. The molecule has 0 aromatic heterocycles. The number of hydrogen-bond acceptors (Lipinski definition) is 6. The summed E-state index contributed by atoms with van der Waals surface area (Å²) in [7, 11) is 0. The lowest BCUT2D eigenvalue weighted by Crippen LogP contribution is -2.43. The molecular formula is C25H26ClN3O5. The van der Waals surface area contributed by atoms with Gasteiger partial charge in [-0.1, -0.05) is 49.7 Å². The van der Waals surface area contributed by atoms with Crippen molar-refractivity contribution in [3.63, 3.8) is 0 Å². The highest BCUT2D eigenvalue weighted by atomic mass is 35.5. The summed E-state index contributed by atoms with van der Waals surface area (Å²) >= 11 is 5.82. The second kappa shape index (κ2) is 8.20. The number of nitrogens with zero attached hydrogens (tertiary/aromatic N) is 2. The van der Waals surface area contributed by atoms with Gasteiger partial charge in [0.1, 0.15) is 5.02 Å². The van der Waals surface area contributed by atoms with E-state index in [1.54, 1.807) is 0 Å². The first-order valence-electron chi connectivity index (χ1n) is 11.0. The van der Waals surface area contributed by atoms with Crippen molar-refractivity contribution in [3.05, 3.63) is 68.7 Å². The summed E-state index contributed by atoms with van der Waals surface area (Å²) < 4.78 is 0. The van der Waals surface area contributed by atoms with E-state index in [1.165, 1.54) is 12.1 Å². The molecule has 2 aliphatic rings. The van der Waals surface area contributed by atoms with Crippen molar-refractivity contribution >= 4 is 40.6 Å². The molecule has 9 heteroatoms. The van der Waals surface area contributed by atoms with Crippen molar-refractivity contribution in [2.75, 3.05) is 5.32 Å². The quantitative estimate of drug-likeness (QED) is 0.322. The molecule has 0 radical (unpaired) electrons. The number of aryl methyl sites for hydroxylation is 1. The SMILES string of the molecule is Cc1cccc(NC(=O)C23CCC(C)(C(=NOC(=O)c4ccc(Cl)c([N+](=O)[O-])c4)C2)C3(C)C)c1. The van der Waals surface area contributed by atoms with Gasteiger partial charge in [0.2, 0.25) is 5.91 Å². The number of benzene rings is 2. The first-order chi connectivity index (χ1) is 15.9. The van der Waals surface area contributed by atoms with Crippen LogP contribution in [-0.4, -0.2) is 22.5 Å². The normalized spacial score (nSPS) is 25.9. The number of nitrogens with one attached hydrogen (secondary N) is 1. The summed E-state index contributed by atoms with van der Waals surface area (Å²) in [6.07, 6.45) is 1.79. The Hall–Kier alpha value is -3.26. The fourth-order valence-corrected chi connectivity index (χ4v) is 5.61. The van der Waals surface area contributed by atoms with Crippen molar-refractivity contribution in [2.24, 2.45) is 21.4 Å². The summed E-state index contributed by atoms with van der Waals surface area (Å²) in [4.78, 5) is 41.8. The largest absolute Gasteiger partial charge is 0.365 e. The molecule has 0 spiro atoms. The maximum absolute atomic E-state index is 13.6. The van der Waals surface area contributed by atoms with Gasteiger partial charge < -0.3 is 10.2 Å². The maximum atomic E-state index is 13.6. The van der Waals surface area contributed by atoms with E-state index >= 15 is 0 Å². The second-order valence-corrected chi connectivity index (χ2v) is 10.3. The molecule has 0 saturated heterocycles.